The van der Waals surface area contributed by atoms with Crippen LogP contribution in [0.1, 0.15) is 30.1 Å². The maximum atomic E-state index is 12.5. The van der Waals surface area contributed by atoms with Crippen molar-refractivity contribution in [2.75, 3.05) is 14.2 Å². The van der Waals surface area contributed by atoms with Gasteiger partial charge in [0, 0.05) is 13.1 Å². The lowest BCUT2D eigenvalue weighted by Gasteiger charge is -2.14. The van der Waals surface area contributed by atoms with Gasteiger partial charge in [0.15, 0.2) is 6.10 Å². The molecule has 27 heavy (non-hydrogen) atoms. The summed E-state index contributed by atoms with van der Waals surface area (Å²) in [4.78, 5) is 35.0. The topological polar surface area (TPSA) is 140 Å². The van der Waals surface area contributed by atoms with E-state index in [-0.39, 0.29) is 22.3 Å². The first-order valence-corrected chi connectivity index (χ1v) is 9.60. The van der Waals surface area contributed by atoms with Gasteiger partial charge in [0.05, 0.1) is 12.7 Å². The minimum absolute atomic E-state index is 0.0742. The molecule has 0 saturated heterocycles. The van der Waals surface area contributed by atoms with Crippen LogP contribution >= 0.6 is 0 Å². The Morgan fingerprint density at radius 2 is 1.89 bits per heavy atom. The summed E-state index contributed by atoms with van der Waals surface area (Å²) in [5, 5.41) is 4.17. The highest BCUT2D eigenvalue weighted by Gasteiger charge is 2.31. The molecule has 1 atom stereocenters. The third-order valence-corrected chi connectivity index (χ3v) is 5.25. The number of carbonyl (C=O) groups is 3. The molecule has 1 fully saturated rings. The fourth-order valence-electron chi connectivity index (χ4n) is 2.06. The summed E-state index contributed by atoms with van der Waals surface area (Å²) in [5.74, 6) is -1.66. The van der Waals surface area contributed by atoms with Gasteiger partial charge in [-0.15, -0.1) is 0 Å². The van der Waals surface area contributed by atoms with Gasteiger partial charge in [-0.25, -0.2) is 22.7 Å². The predicted molar refractivity (Wildman–Crippen MR) is 93.8 cm³/mol. The molecule has 0 aliphatic heterocycles. The molecular formula is C16H21N3O7S. The van der Waals surface area contributed by atoms with Crippen LogP contribution in [0, 0.1) is 0 Å². The van der Waals surface area contributed by atoms with E-state index >= 15 is 0 Å². The molecule has 1 unspecified atom stereocenters. The van der Waals surface area contributed by atoms with Crippen molar-refractivity contribution in [1.29, 1.82) is 0 Å². The second kappa shape index (κ2) is 8.35. The first-order chi connectivity index (χ1) is 12.7. The number of sulfonamides is 1. The van der Waals surface area contributed by atoms with Gasteiger partial charge in [0.2, 0.25) is 10.0 Å². The van der Waals surface area contributed by atoms with Crippen LogP contribution in [-0.4, -0.2) is 52.6 Å². The van der Waals surface area contributed by atoms with Gasteiger partial charge < -0.3 is 14.8 Å². The van der Waals surface area contributed by atoms with E-state index in [9.17, 15) is 22.8 Å². The number of nitrogens with one attached hydrogen (secondary N) is 3. The molecule has 0 bridgehead atoms. The largest absolute Gasteiger partial charge is 0.495 e. The summed E-state index contributed by atoms with van der Waals surface area (Å²) in [7, 11) is -1.23. The second-order valence-electron chi connectivity index (χ2n) is 5.88. The monoisotopic (exact) mass is 399 g/mol. The number of methoxy groups -OCH3 is 1. The number of carbonyl (C=O) groups excluding carboxylic acids is 3. The average molecular weight is 399 g/mol. The van der Waals surface area contributed by atoms with E-state index in [0.29, 0.717) is 0 Å². The van der Waals surface area contributed by atoms with Crippen molar-refractivity contribution >= 4 is 27.9 Å². The molecule has 2 rings (SSSR count). The third-order valence-electron chi connectivity index (χ3n) is 3.70. The maximum absolute atomic E-state index is 12.5. The van der Waals surface area contributed by atoms with E-state index in [1.807, 2.05) is 5.32 Å². The van der Waals surface area contributed by atoms with E-state index in [0.717, 1.165) is 18.9 Å². The van der Waals surface area contributed by atoms with Gasteiger partial charge in [0.25, 0.3) is 5.91 Å². The van der Waals surface area contributed by atoms with Crippen molar-refractivity contribution in [2.45, 2.75) is 36.8 Å². The molecule has 0 heterocycles. The Labute approximate surface area is 156 Å². The Balaban J connectivity index is 2.17. The Morgan fingerprint density at radius 1 is 1.22 bits per heavy atom. The van der Waals surface area contributed by atoms with Gasteiger partial charge in [0.1, 0.15) is 10.6 Å². The van der Waals surface area contributed by atoms with Crippen LogP contribution < -0.4 is 20.1 Å². The maximum Gasteiger partial charge on any atom is 0.338 e. The summed E-state index contributed by atoms with van der Waals surface area (Å²) in [5.41, 5.74) is -0.0773. The van der Waals surface area contributed by atoms with Crippen LogP contribution in [0.2, 0.25) is 0 Å². The van der Waals surface area contributed by atoms with E-state index in [2.05, 4.69) is 10.0 Å². The zero-order chi connectivity index (χ0) is 20.2. The van der Waals surface area contributed by atoms with Crippen molar-refractivity contribution in [3.05, 3.63) is 23.8 Å². The molecule has 0 aromatic heterocycles. The van der Waals surface area contributed by atoms with Crippen LogP contribution in [-0.2, 0) is 19.6 Å². The molecule has 10 nitrogen and oxygen atoms in total. The summed E-state index contributed by atoms with van der Waals surface area (Å²) < 4.78 is 37.5. The number of urea groups is 1. The number of esters is 1. The van der Waals surface area contributed by atoms with E-state index in [4.69, 9.17) is 9.47 Å². The van der Waals surface area contributed by atoms with Crippen molar-refractivity contribution in [1.82, 2.24) is 15.4 Å². The number of benzene rings is 1. The highest BCUT2D eigenvalue weighted by molar-refractivity contribution is 7.89. The van der Waals surface area contributed by atoms with E-state index in [1.54, 1.807) is 0 Å². The number of ether oxygens (including phenoxy) is 2. The fraction of sp³-hybridized carbons (Fsp3) is 0.438. The van der Waals surface area contributed by atoms with E-state index in [1.165, 1.54) is 33.2 Å². The van der Waals surface area contributed by atoms with Crippen LogP contribution in [0.25, 0.3) is 0 Å². The number of hydrogen-bond acceptors (Lipinski definition) is 7. The fourth-order valence-corrected chi connectivity index (χ4v) is 3.56. The zero-order valence-electron chi connectivity index (χ0n) is 15.1. The molecule has 148 valence electrons. The van der Waals surface area contributed by atoms with Gasteiger partial charge in [-0.3, -0.25) is 10.1 Å². The summed E-state index contributed by atoms with van der Waals surface area (Å²) in [6.07, 6.45) is 0.240. The number of rotatable bonds is 7. The molecule has 0 radical (unpaired) electrons. The molecule has 1 aromatic carbocycles. The lowest BCUT2D eigenvalue weighted by molar-refractivity contribution is -0.127. The highest BCUT2D eigenvalue weighted by atomic mass is 32.2. The Hall–Kier alpha value is -2.66. The zero-order valence-corrected chi connectivity index (χ0v) is 15.9. The standard InChI is InChI=1S/C16H21N3O7S/c1-9(14(20)18-16(22)17-2)26-15(21)10-4-7-12(25-3)13(8-10)27(23,24)19-11-5-6-11/h4,7-9,11,19H,5-6H2,1-3H3,(H2,17,18,20,22). The molecule has 11 heteroatoms. The lowest BCUT2D eigenvalue weighted by Crippen LogP contribution is -2.43. The Kier molecular flexibility index (Phi) is 6.39. The average Bonchev–Trinajstić information content (AvgIpc) is 3.43. The predicted octanol–water partition coefficient (Wildman–Crippen LogP) is 0.137. The van der Waals surface area contributed by atoms with Crippen molar-refractivity contribution in [3.63, 3.8) is 0 Å². The molecular weight excluding hydrogens is 378 g/mol. The molecule has 1 aliphatic rings. The van der Waals surface area contributed by atoms with Gasteiger partial charge in [-0.1, -0.05) is 0 Å². The van der Waals surface area contributed by atoms with Crippen LogP contribution in [0.4, 0.5) is 4.79 Å². The Morgan fingerprint density at radius 3 is 2.44 bits per heavy atom. The van der Waals surface area contributed by atoms with Gasteiger partial charge >= 0.3 is 12.0 Å². The molecule has 3 N–H and O–H groups in total. The summed E-state index contributed by atoms with van der Waals surface area (Å²) in [6, 6.07) is 2.90. The van der Waals surface area contributed by atoms with Crippen molar-refractivity contribution < 1.29 is 32.3 Å². The number of imide groups is 1. The van der Waals surface area contributed by atoms with Crippen LogP contribution in [0.5, 0.6) is 5.75 Å². The number of hydrogen-bond donors (Lipinski definition) is 3. The quantitative estimate of drug-likeness (QED) is 0.554. The molecule has 3 amide bonds. The molecule has 1 aromatic rings. The van der Waals surface area contributed by atoms with Crippen molar-refractivity contribution in [2.24, 2.45) is 0 Å². The molecule has 0 spiro atoms. The second-order valence-corrected chi connectivity index (χ2v) is 7.56. The minimum atomic E-state index is -3.87. The van der Waals surface area contributed by atoms with Crippen molar-refractivity contribution in [3.8, 4) is 5.75 Å². The summed E-state index contributed by atoms with van der Waals surface area (Å²) in [6.45, 7) is 1.28. The van der Waals surface area contributed by atoms with Gasteiger partial charge in [-0.05, 0) is 38.0 Å². The molecule has 1 saturated carbocycles. The van der Waals surface area contributed by atoms with Gasteiger partial charge in [-0.2, -0.15) is 0 Å². The minimum Gasteiger partial charge on any atom is -0.495 e. The first-order valence-electron chi connectivity index (χ1n) is 8.12. The number of amides is 3. The van der Waals surface area contributed by atoms with Crippen LogP contribution in [0.3, 0.4) is 0 Å². The smallest absolute Gasteiger partial charge is 0.338 e. The molecule has 1 aliphatic carbocycles. The summed E-state index contributed by atoms with van der Waals surface area (Å²) >= 11 is 0. The van der Waals surface area contributed by atoms with Crippen LogP contribution in [0.15, 0.2) is 23.1 Å². The van der Waals surface area contributed by atoms with E-state index < -0.39 is 34.0 Å². The normalized spacial score (nSPS) is 14.8. The highest BCUT2D eigenvalue weighted by Crippen LogP contribution is 2.28. The first kappa shape index (κ1) is 20.6. The lowest BCUT2D eigenvalue weighted by atomic mass is 10.2. The Bertz CT molecular complexity index is 850. The SMILES string of the molecule is CNC(=O)NC(=O)C(C)OC(=O)c1ccc(OC)c(S(=O)(=O)NC2CC2)c1. The third kappa shape index (κ3) is 5.41.